The monoisotopic (exact) mass is 353 g/mol. The third kappa shape index (κ3) is 3.97. The lowest BCUT2D eigenvalue weighted by molar-refractivity contribution is -0.139. The number of methoxy groups -OCH3 is 1. The second-order valence-corrected chi connectivity index (χ2v) is 5.48. The molecule has 0 radical (unpaired) electrons. The second-order valence-electron chi connectivity index (χ2n) is 5.48. The normalized spacial score (nSPS) is 10.5. The predicted molar refractivity (Wildman–Crippen MR) is 96.4 cm³/mol. The van der Waals surface area contributed by atoms with Gasteiger partial charge in [-0.15, -0.1) is 0 Å². The first-order valence-electron chi connectivity index (χ1n) is 8.14. The molecule has 0 saturated carbocycles. The van der Waals surface area contributed by atoms with Crippen molar-refractivity contribution < 1.29 is 14.3 Å². The number of carbonyl (C=O) groups is 2. The minimum Gasteiger partial charge on any atom is -0.468 e. The summed E-state index contributed by atoms with van der Waals surface area (Å²) in [6, 6.07) is 13.1. The molecule has 0 aliphatic heterocycles. The number of nitrogens with one attached hydrogen (secondary N) is 2. The Morgan fingerprint density at radius 1 is 1.12 bits per heavy atom. The maximum absolute atomic E-state index is 11.7. The average Bonchev–Trinajstić information content (AvgIpc) is 3.05. The Hall–Kier alpha value is -3.42. The Bertz CT molecular complexity index is 908. The topological polar surface area (TPSA) is 98.1 Å². The highest BCUT2D eigenvalue weighted by Gasteiger charge is 2.13. The third-order valence-electron chi connectivity index (χ3n) is 3.78. The molecule has 8 nitrogen and oxygen atoms in total. The molecule has 26 heavy (non-hydrogen) atoms. The van der Waals surface area contributed by atoms with E-state index in [0.717, 1.165) is 22.6 Å². The van der Waals surface area contributed by atoms with Gasteiger partial charge >= 0.3 is 12.0 Å². The molecule has 3 rings (SSSR count). The van der Waals surface area contributed by atoms with Gasteiger partial charge in [-0.05, 0) is 12.1 Å². The lowest BCUT2D eigenvalue weighted by atomic mass is 10.2. The largest absolute Gasteiger partial charge is 0.468 e. The smallest absolute Gasteiger partial charge is 0.325 e. The van der Waals surface area contributed by atoms with Crippen LogP contribution in [-0.2, 0) is 16.1 Å². The molecule has 134 valence electrons. The van der Waals surface area contributed by atoms with E-state index in [0.29, 0.717) is 13.1 Å². The molecular formula is C18H19N5O3. The van der Waals surface area contributed by atoms with Crippen LogP contribution in [0.2, 0.25) is 0 Å². The van der Waals surface area contributed by atoms with Crippen molar-refractivity contribution in [1.29, 1.82) is 0 Å². The SMILES string of the molecule is COC(=O)CNC(=O)NCCn1c(-c2ccccc2)nc2cccnc21. The van der Waals surface area contributed by atoms with Crippen molar-refractivity contribution in [2.75, 3.05) is 20.2 Å². The van der Waals surface area contributed by atoms with E-state index in [-0.39, 0.29) is 6.54 Å². The third-order valence-corrected chi connectivity index (χ3v) is 3.78. The number of rotatable bonds is 6. The molecule has 0 spiro atoms. The Morgan fingerprint density at radius 2 is 1.92 bits per heavy atom. The highest BCUT2D eigenvalue weighted by Crippen LogP contribution is 2.23. The number of fused-ring (bicyclic) bond motifs is 1. The summed E-state index contributed by atoms with van der Waals surface area (Å²) < 4.78 is 6.44. The number of carbonyl (C=O) groups excluding carboxylic acids is 2. The highest BCUT2D eigenvalue weighted by atomic mass is 16.5. The van der Waals surface area contributed by atoms with E-state index in [1.807, 2.05) is 47.0 Å². The van der Waals surface area contributed by atoms with Gasteiger partial charge in [0.05, 0.1) is 7.11 Å². The number of hydrogen-bond acceptors (Lipinski definition) is 5. The molecule has 0 aliphatic carbocycles. The number of nitrogens with zero attached hydrogens (tertiary/aromatic N) is 3. The molecule has 0 fully saturated rings. The van der Waals surface area contributed by atoms with Crippen LogP contribution in [0.4, 0.5) is 4.79 Å². The zero-order valence-electron chi connectivity index (χ0n) is 14.3. The van der Waals surface area contributed by atoms with Gasteiger partial charge in [0.2, 0.25) is 0 Å². The maximum atomic E-state index is 11.7. The van der Waals surface area contributed by atoms with E-state index in [1.165, 1.54) is 7.11 Å². The number of amides is 2. The molecule has 1 aromatic carbocycles. The number of aromatic nitrogens is 3. The van der Waals surface area contributed by atoms with E-state index >= 15 is 0 Å². The van der Waals surface area contributed by atoms with Crippen molar-refractivity contribution in [3.63, 3.8) is 0 Å². The van der Waals surface area contributed by atoms with E-state index in [9.17, 15) is 9.59 Å². The molecular weight excluding hydrogens is 334 g/mol. The summed E-state index contributed by atoms with van der Waals surface area (Å²) in [6.45, 7) is 0.672. The zero-order chi connectivity index (χ0) is 18.4. The Kier molecular flexibility index (Phi) is 5.43. The van der Waals surface area contributed by atoms with Gasteiger partial charge in [-0.25, -0.2) is 14.8 Å². The maximum Gasteiger partial charge on any atom is 0.325 e. The number of ether oxygens (including phenoxy) is 1. The summed E-state index contributed by atoms with van der Waals surface area (Å²) in [4.78, 5) is 31.8. The molecule has 0 bridgehead atoms. The van der Waals surface area contributed by atoms with Crippen LogP contribution in [0.5, 0.6) is 0 Å². The molecule has 2 aromatic heterocycles. The van der Waals surface area contributed by atoms with Gasteiger partial charge < -0.3 is 19.9 Å². The first-order chi connectivity index (χ1) is 12.7. The number of pyridine rings is 1. The number of hydrogen-bond donors (Lipinski definition) is 2. The summed E-state index contributed by atoms with van der Waals surface area (Å²) in [5.74, 6) is 0.285. The molecule has 2 amide bonds. The summed E-state index contributed by atoms with van der Waals surface area (Å²) >= 11 is 0. The summed E-state index contributed by atoms with van der Waals surface area (Å²) in [7, 11) is 1.27. The lowest BCUT2D eigenvalue weighted by Crippen LogP contribution is -2.40. The molecule has 2 N–H and O–H groups in total. The van der Waals surface area contributed by atoms with Crippen LogP contribution in [0, 0.1) is 0 Å². The molecule has 0 saturated heterocycles. The van der Waals surface area contributed by atoms with Gasteiger partial charge in [-0.3, -0.25) is 4.79 Å². The van der Waals surface area contributed by atoms with Crippen molar-refractivity contribution in [2.24, 2.45) is 0 Å². The predicted octanol–water partition coefficient (Wildman–Crippen LogP) is 1.57. The van der Waals surface area contributed by atoms with Crippen LogP contribution in [0.1, 0.15) is 0 Å². The van der Waals surface area contributed by atoms with Crippen LogP contribution < -0.4 is 10.6 Å². The van der Waals surface area contributed by atoms with Gasteiger partial charge in [0, 0.05) is 24.8 Å². The highest BCUT2D eigenvalue weighted by molar-refractivity contribution is 5.80. The minimum atomic E-state index is -0.503. The van der Waals surface area contributed by atoms with Crippen LogP contribution >= 0.6 is 0 Å². The summed E-state index contributed by atoms with van der Waals surface area (Å²) in [5, 5.41) is 5.14. The van der Waals surface area contributed by atoms with Crippen LogP contribution in [0.25, 0.3) is 22.6 Å². The van der Waals surface area contributed by atoms with Crippen LogP contribution in [0.15, 0.2) is 48.7 Å². The van der Waals surface area contributed by atoms with E-state index in [4.69, 9.17) is 0 Å². The van der Waals surface area contributed by atoms with E-state index in [1.54, 1.807) is 6.20 Å². The fraction of sp³-hybridized carbons (Fsp3) is 0.222. The summed E-state index contributed by atoms with van der Waals surface area (Å²) in [5.41, 5.74) is 2.52. The number of urea groups is 1. The van der Waals surface area contributed by atoms with Crippen molar-refractivity contribution in [2.45, 2.75) is 6.54 Å². The molecule has 0 aliphatic rings. The van der Waals surface area contributed by atoms with Crippen molar-refractivity contribution in [3.05, 3.63) is 48.7 Å². The van der Waals surface area contributed by atoms with Gasteiger partial charge in [0.1, 0.15) is 17.9 Å². The van der Waals surface area contributed by atoms with Gasteiger partial charge in [-0.2, -0.15) is 0 Å². The molecule has 0 unspecified atom stereocenters. The van der Waals surface area contributed by atoms with Crippen LogP contribution in [0.3, 0.4) is 0 Å². The quantitative estimate of drug-likeness (QED) is 0.656. The number of esters is 1. The Labute approximate surface area is 150 Å². The minimum absolute atomic E-state index is 0.173. The van der Waals surface area contributed by atoms with Crippen molar-refractivity contribution in [1.82, 2.24) is 25.2 Å². The zero-order valence-corrected chi connectivity index (χ0v) is 14.3. The second kappa shape index (κ2) is 8.11. The summed E-state index contributed by atoms with van der Waals surface area (Å²) in [6.07, 6.45) is 1.71. The van der Waals surface area contributed by atoms with Crippen molar-refractivity contribution >= 4 is 23.2 Å². The van der Waals surface area contributed by atoms with E-state index < -0.39 is 12.0 Å². The van der Waals surface area contributed by atoms with Gasteiger partial charge in [-0.1, -0.05) is 30.3 Å². The Morgan fingerprint density at radius 3 is 2.69 bits per heavy atom. The molecule has 0 atom stereocenters. The first kappa shape index (κ1) is 17.4. The molecule has 2 heterocycles. The average molecular weight is 353 g/mol. The standard InChI is InChI=1S/C18H19N5O3/c1-26-15(24)12-21-18(25)20-10-11-23-16(13-6-3-2-4-7-13)22-14-8-5-9-19-17(14)23/h2-9H,10-12H2,1H3,(H2,20,21,25). The lowest BCUT2D eigenvalue weighted by Gasteiger charge is -2.10. The van der Waals surface area contributed by atoms with Crippen molar-refractivity contribution in [3.8, 4) is 11.4 Å². The van der Waals surface area contributed by atoms with Gasteiger partial charge in [0.15, 0.2) is 5.65 Å². The number of imidazole rings is 1. The Balaban J connectivity index is 1.73. The van der Waals surface area contributed by atoms with Gasteiger partial charge in [0.25, 0.3) is 0 Å². The molecule has 3 aromatic rings. The van der Waals surface area contributed by atoms with Crippen LogP contribution in [-0.4, -0.2) is 46.7 Å². The fourth-order valence-electron chi connectivity index (χ4n) is 2.55. The molecule has 8 heteroatoms. The van der Waals surface area contributed by atoms with E-state index in [2.05, 4.69) is 25.3 Å². The fourth-order valence-corrected chi connectivity index (χ4v) is 2.55. The number of benzene rings is 1. The first-order valence-corrected chi connectivity index (χ1v) is 8.14.